The van der Waals surface area contributed by atoms with E-state index in [-0.39, 0.29) is 34.9 Å². The maximum Gasteiger partial charge on any atom is 0.277 e. The van der Waals surface area contributed by atoms with Gasteiger partial charge in [-0.2, -0.15) is 0 Å². The summed E-state index contributed by atoms with van der Waals surface area (Å²) >= 11 is 6.40. The number of likely N-dealkylation sites (tertiary alicyclic amines) is 1. The van der Waals surface area contributed by atoms with Gasteiger partial charge < -0.3 is 9.64 Å². The predicted octanol–water partition coefficient (Wildman–Crippen LogP) is 4.94. The maximum absolute atomic E-state index is 14.0. The van der Waals surface area contributed by atoms with E-state index in [2.05, 4.69) is 15.0 Å². The topological polar surface area (TPSA) is 103 Å². The quantitative estimate of drug-likeness (QED) is 0.305. The van der Waals surface area contributed by atoms with Crippen LogP contribution in [0.1, 0.15) is 48.5 Å². The normalized spacial score (nSPS) is 14.9. The average molecular weight is 581 g/mol. The molecule has 4 aromatic heterocycles. The molecular weight excluding hydrogens is 554 g/mol. The molecule has 0 aromatic carbocycles. The number of aryl methyl sites for hydroxylation is 2. The van der Waals surface area contributed by atoms with E-state index in [1.807, 2.05) is 18.7 Å². The Labute approximate surface area is 239 Å². The number of amides is 1. The molecule has 0 N–H and O–H groups in total. The van der Waals surface area contributed by atoms with Crippen LogP contribution in [-0.4, -0.2) is 48.4 Å². The van der Waals surface area contributed by atoms with Gasteiger partial charge in [-0.3, -0.25) is 24.1 Å². The number of halogens is 3. The number of nitrogens with zero attached hydrogens (tertiary/aromatic N) is 6. The first-order valence-electron chi connectivity index (χ1n) is 13.1. The van der Waals surface area contributed by atoms with Crippen LogP contribution in [0.15, 0.2) is 47.7 Å². The number of hydrogen-bond acceptors (Lipinski definition) is 7. The Morgan fingerprint density at radius 3 is 2.68 bits per heavy atom. The van der Waals surface area contributed by atoms with E-state index in [0.29, 0.717) is 54.2 Å². The lowest BCUT2D eigenvalue weighted by molar-refractivity contribution is -0.129. The van der Waals surface area contributed by atoms with Gasteiger partial charge in [0.1, 0.15) is 34.7 Å². The monoisotopic (exact) mass is 580 g/mol. The molecule has 0 radical (unpaired) electrons. The first-order valence-corrected chi connectivity index (χ1v) is 13.5. The fourth-order valence-corrected chi connectivity index (χ4v) is 5.00. The molecule has 1 aliphatic heterocycles. The van der Waals surface area contributed by atoms with Crippen molar-refractivity contribution in [3.05, 3.63) is 92.6 Å². The van der Waals surface area contributed by atoms with Gasteiger partial charge in [0.25, 0.3) is 5.56 Å². The van der Waals surface area contributed by atoms with Crippen LogP contribution in [0.3, 0.4) is 0 Å². The van der Waals surface area contributed by atoms with E-state index in [1.54, 1.807) is 37.5 Å². The van der Waals surface area contributed by atoms with Crippen LogP contribution in [0.25, 0.3) is 17.1 Å². The van der Waals surface area contributed by atoms with Crippen LogP contribution >= 0.6 is 11.6 Å². The van der Waals surface area contributed by atoms with Gasteiger partial charge in [0, 0.05) is 55.6 Å². The molecule has 1 unspecified atom stereocenters. The molecule has 212 valence electrons. The fourth-order valence-electron chi connectivity index (χ4n) is 4.81. The minimum atomic E-state index is -0.862. The second kappa shape index (κ2) is 11.7. The van der Waals surface area contributed by atoms with Gasteiger partial charge >= 0.3 is 0 Å². The second-order valence-corrected chi connectivity index (χ2v) is 10.2. The van der Waals surface area contributed by atoms with Crippen molar-refractivity contribution < 1.29 is 18.3 Å². The predicted molar refractivity (Wildman–Crippen MR) is 148 cm³/mol. The Bertz CT molecular complexity index is 1700. The van der Waals surface area contributed by atoms with Crippen LogP contribution < -0.4 is 10.3 Å². The number of rotatable bonds is 7. The third-order valence-corrected chi connectivity index (χ3v) is 7.36. The van der Waals surface area contributed by atoms with Crippen LogP contribution in [-0.2, 0) is 11.4 Å². The van der Waals surface area contributed by atoms with Crippen molar-refractivity contribution in [3.63, 3.8) is 0 Å². The Morgan fingerprint density at radius 2 is 1.93 bits per heavy atom. The number of pyridine rings is 3. The smallest absolute Gasteiger partial charge is 0.277 e. The molecule has 1 aliphatic rings. The number of hydrogen-bond donors (Lipinski definition) is 0. The van der Waals surface area contributed by atoms with Gasteiger partial charge in [-0.25, -0.2) is 18.7 Å². The summed E-state index contributed by atoms with van der Waals surface area (Å²) in [5.41, 5.74) is 2.25. The molecule has 1 atom stereocenters. The Balaban J connectivity index is 1.43. The Kier molecular flexibility index (Phi) is 8.07. The molecule has 1 fully saturated rings. The molecule has 5 heterocycles. The van der Waals surface area contributed by atoms with Crippen LogP contribution in [0, 0.1) is 25.5 Å². The molecule has 0 bridgehead atoms. The van der Waals surface area contributed by atoms with Crippen molar-refractivity contribution in [2.45, 2.75) is 46.1 Å². The number of carbonyl (C=O) groups is 1. The summed E-state index contributed by atoms with van der Waals surface area (Å²) in [7, 11) is 0. The largest absolute Gasteiger partial charge is 0.485 e. The van der Waals surface area contributed by atoms with Gasteiger partial charge in [0.2, 0.25) is 5.91 Å². The fraction of sp³-hybridized carbons (Fsp3) is 0.310. The van der Waals surface area contributed by atoms with Gasteiger partial charge in [-0.05, 0) is 38.0 Å². The average Bonchev–Trinajstić information content (AvgIpc) is 3.46. The molecule has 5 rings (SSSR count). The summed E-state index contributed by atoms with van der Waals surface area (Å²) in [4.78, 5) is 44.8. The molecule has 0 saturated carbocycles. The van der Waals surface area contributed by atoms with E-state index in [0.717, 1.165) is 18.2 Å². The zero-order valence-electron chi connectivity index (χ0n) is 22.7. The highest BCUT2D eigenvalue weighted by Crippen LogP contribution is 2.29. The maximum atomic E-state index is 14.0. The lowest BCUT2D eigenvalue weighted by atomic mass is 10.1. The molecule has 1 saturated heterocycles. The van der Waals surface area contributed by atoms with Crippen molar-refractivity contribution in [1.29, 1.82) is 0 Å². The summed E-state index contributed by atoms with van der Waals surface area (Å²) < 4.78 is 34.2. The van der Waals surface area contributed by atoms with Gasteiger partial charge in [-0.15, -0.1) is 0 Å². The Hall–Kier alpha value is -4.25. The van der Waals surface area contributed by atoms with E-state index >= 15 is 0 Å². The van der Waals surface area contributed by atoms with Crippen molar-refractivity contribution in [3.8, 4) is 22.8 Å². The standard InChI is InChI=1S/C29H27ClF2N6O3/c1-4-26(39)37-8-6-18(14-37)28-33-7-5-21(36-28)22-11-24(16(2)12-34-22)38-17(3)9-25(27(30)29(38)40)41-15-23-20(32)10-19(31)13-35-23/h5,7,9-13,18H,4,6,8,14-15H2,1-3H3. The second-order valence-electron chi connectivity index (χ2n) is 9.81. The molecule has 9 nitrogen and oxygen atoms in total. The molecule has 41 heavy (non-hydrogen) atoms. The summed E-state index contributed by atoms with van der Waals surface area (Å²) in [6, 6.07) is 5.77. The molecule has 0 aliphatic carbocycles. The van der Waals surface area contributed by atoms with E-state index < -0.39 is 17.2 Å². The minimum Gasteiger partial charge on any atom is -0.485 e. The molecule has 4 aromatic rings. The molecule has 0 spiro atoms. The number of carbonyl (C=O) groups excluding carboxylic acids is 1. The first kappa shape index (κ1) is 28.3. The Morgan fingerprint density at radius 1 is 1.12 bits per heavy atom. The zero-order chi connectivity index (χ0) is 29.3. The lowest BCUT2D eigenvalue weighted by Crippen LogP contribution is -2.27. The van der Waals surface area contributed by atoms with Crippen molar-refractivity contribution >= 4 is 17.5 Å². The lowest BCUT2D eigenvalue weighted by Gasteiger charge is -2.17. The first-order chi connectivity index (χ1) is 19.7. The van der Waals surface area contributed by atoms with Crippen LogP contribution in [0.5, 0.6) is 5.75 Å². The van der Waals surface area contributed by atoms with Crippen LogP contribution in [0.4, 0.5) is 8.78 Å². The third kappa shape index (κ3) is 5.81. The summed E-state index contributed by atoms with van der Waals surface area (Å²) in [6.45, 7) is 6.30. The van der Waals surface area contributed by atoms with Gasteiger partial charge in [0.05, 0.1) is 23.3 Å². The highest BCUT2D eigenvalue weighted by Gasteiger charge is 2.28. The van der Waals surface area contributed by atoms with E-state index in [4.69, 9.17) is 21.3 Å². The molecular formula is C29H27ClF2N6O3. The zero-order valence-corrected chi connectivity index (χ0v) is 23.5. The summed E-state index contributed by atoms with van der Waals surface area (Å²) in [5.74, 6) is -0.826. The van der Waals surface area contributed by atoms with Crippen LogP contribution in [0.2, 0.25) is 5.02 Å². The van der Waals surface area contributed by atoms with Crippen molar-refractivity contribution in [1.82, 2.24) is 29.4 Å². The highest BCUT2D eigenvalue weighted by molar-refractivity contribution is 6.31. The summed E-state index contributed by atoms with van der Waals surface area (Å²) in [6.07, 6.45) is 5.45. The number of aromatic nitrogens is 5. The molecule has 1 amide bonds. The van der Waals surface area contributed by atoms with Gasteiger partial charge in [-0.1, -0.05) is 18.5 Å². The number of ether oxygens (including phenoxy) is 1. The van der Waals surface area contributed by atoms with Gasteiger partial charge in [0.15, 0.2) is 5.82 Å². The molecule has 12 heteroatoms. The third-order valence-electron chi connectivity index (χ3n) is 7.01. The highest BCUT2D eigenvalue weighted by atomic mass is 35.5. The van der Waals surface area contributed by atoms with E-state index in [9.17, 15) is 18.4 Å². The minimum absolute atomic E-state index is 0.0326. The van der Waals surface area contributed by atoms with E-state index in [1.165, 1.54) is 4.57 Å². The summed E-state index contributed by atoms with van der Waals surface area (Å²) in [5, 5.41) is -0.201. The van der Waals surface area contributed by atoms with Crippen molar-refractivity contribution in [2.24, 2.45) is 0 Å². The van der Waals surface area contributed by atoms with Crippen molar-refractivity contribution in [2.75, 3.05) is 13.1 Å². The SMILES string of the molecule is CCC(=O)N1CCC(c2nccc(-c3cc(-n4c(C)cc(OCc5ncc(F)cc5F)c(Cl)c4=O)c(C)cn3)n2)C1.